The molecular weight excluding hydrogens is 1130 g/mol. The maximum absolute atomic E-state index is 13.6. The van der Waals surface area contributed by atoms with Gasteiger partial charge in [-0.2, -0.15) is 0 Å². The Morgan fingerprint density at radius 3 is 1.03 bits per heavy atom. The highest BCUT2D eigenvalue weighted by Gasteiger charge is 2.30. The zero-order valence-electron chi connectivity index (χ0n) is 59.9. The molecule has 0 saturated carbocycles. The highest BCUT2D eigenvalue weighted by Crippen LogP contribution is 2.43. The molecule has 2 N–H and O–H groups in total. The number of quaternary nitrogens is 1. The summed E-state index contributed by atoms with van der Waals surface area (Å²) < 4.78 is 30.9. The van der Waals surface area contributed by atoms with E-state index in [2.05, 4.69) is 111 Å². The van der Waals surface area contributed by atoms with Crippen molar-refractivity contribution in [2.45, 2.75) is 360 Å². The Labute approximate surface area is 558 Å². The summed E-state index contributed by atoms with van der Waals surface area (Å²) in [4.78, 5) is 38.0. The van der Waals surface area contributed by atoms with Crippen molar-refractivity contribution in [2.75, 3.05) is 40.9 Å². The highest BCUT2D eigenvalue weighted by molar-refractivity contribution is 7.47. The number of likely N-dealkylation sites (N-methyl/N-ethyl adjacent to an activating group) is 1. The Morgan fingerprint density at radius 2 is 0.678 bits per heavy atom. The molecule has 10 heteroatoms. The number of carbonyl (C=O) groups is 2. The number of carbonyl (C=O) groups excluding carboxylic acids is 2. The molecule has 0 aromatic carbocycles. The Bertz CT molecular complexity index is 1860. The van der Waals surface area contributed by atoms with Gasteiger partial charge in [-0.25, -0.2) is 4.57 Å². The third kappa shape index (κ3) is 69.3. The van der Waals surface area contributed by atoms with Crippen LogP contribution in [0.25, 0.3) is 0 Å². The van der Waals surface area contributed by atoms with Crippen LogP contribution in [-0.2, 0) is 27.9 Å². The van der Waals surface area contributed by atoms with Crippen LogP contribution in [-0.4, -0.2) is 74.3 Å². The molecule has 0 heterocycles. The van der Waals surface area contributed by atoms with Gasteiger partial charge in [-0.05, 0) is 115 Å². The van der Waals surface area contributed by atoms with E-state index in [0.717, 1.165) is 89.9 Å². The average Bonchev–Trinajstić information content (AvgIpc) is 3.12. The van der Waals surface area contributed by atoms with Gasteiger partial charge in [-0.15, -0.1) is 0 Å². The van der Waals surface area contributed by atoms with Gasteiger partial charge in [-0.3, -0.25) is 18.6 Å². The number of hydrogen-bond donors (Lipinski definition) is 2. The van der Waals surface area contributed by atoms with Gasteiger partial charge in [0.25, 0.3) is 0 Å². The molecule has 0 aliphatic rings. The summed E-state index contributed by atoms with van der Waals surface area (Å²) in [5.74, 6) is -0.503. The van der Waals surface area contributed by atoms with Gasteiger partial charge in [0, 0.05) is 12.8 Å². The third-order valence-corrected chi connectivity index (χ3v) is 17.7. The summed E-state index contributed by atoms with van der Waals surface area (Å²) in [6.45, 7) is 6.99. The van der Waals surface area contributed by atoms with Gasteiger partial charge in [0.15, 0.2) is 0 Å². The van der Waals surface area contributed by atoms with Crippen LogP contribution in [0.2, 0.25) is 0 Å². The molecule has 3 atom stereocenters. The first-order valence-corrected chi connectivity index (χ1v) is 39.6. The summed E-state index contributed by atoms with van der Waals surface area (Å²) in [5.41, 5.74) is 0. The lowest BCUT2D eigenvalue weighted by Crippen LogP contribution is -2.47. The number of rotatable bonds is 69. The predicted molar refractivity (Wildman–Crippen MR) is 392 cm³/mol. The molecule has 90 heavy (non-hydrogen) atoms. The molecule has 0 aromatic rings. The van der Waals surface area contributed by atoms with Crippen molar-refractivity contribution in [3.8, 4) is 0 Å². The van der Waals surface area contributed by atoms with E-state index < -0.39 is 20.0 Å². The van der Waals surface area contributed by atoms with Crippen molar-refractivity contribution < 1.29 is 37.3 Å². The molecule has 3 unspecified atom stereocenters. The number of ether oxygens (including phenoxy) is 1. The van der Waals surface area contributed by atoms with Crippen molar-refractivity contribution in [2.24, 2.45) is 0 Å². The molecule has 522 valence electrons. The largest absolute Gasteiger partial charge is 0.472 e. The minimum absolute atomic E-state index is 0.0366. The van der Waals surface area contributed by atoms with Crippen LogP contribution in [0.5, 0.6) is 0 Å². The minimum atomic E-state index is -4.46. The first kappa shape index (κ1) is 86.9. The highest BCUT2D eigenvalue weighted by atomic mass is 31.2. The Hall–Kier alpha value is -3.07. The second-order valence-electron chi connectivity index (χ2n) is 26.8. The van der Waals surface area contributed by atoms with E-state index in [0.29, 0.717) is 17.4 Å². The molecule has 0 radical (unpaired) electrons. The molecule has 0 aliphatic heterocycles. The fraction of sp³-hybridized carbons (Fsp3) is 0.775. The van der Waals surface area contributed by atoms with Gasteiger partial charge in [0.1, 0.15) is 19.3 Å². The monoisotopic (exact) mass is 1280 g/mol. The lowest BCUT2D eigenvalue weighted by Gasteiger charge is -2.27. The number of hydrogen-bond acceptors (Lipinski definition) is 6. The van der Waals surface area contributed by atoms with Crippen LogP contribution < -0.4 is 5.32 Å². The fourth-order valence-electron chi connectivity index (χ4n) is 10.9. The van der Waals surface area contributed by atoms with E-state index in [9.17, 15) is 19.0 Å². The standard InChI is InChI=1S/C80H145N2O7P/c1-7-10-13-16-19-22-25-28-30-32-34-36-38-40-41-43-45-47-49-51-53-55-58-61-64-67-70-73-80(84)89-78(71-68-65-62-59-56-27-24-21-18-15-12-9-3)77(76-88-90(85,86)87-75-74-82(4,5)6)81-79(83)72-69-66-63-60-57-54-52-50-48-46-44-42-39-37-35-33-31-29-26-23-20-17-14-11-8-2/h19-20,22-23,28-31,34-37,40-41,68,71,77-78H,7-18,21,24-27,32-33,38-39,42-67,69-70,72-76H2,1-6H3,(H-,81,83,85,86)/p+1/b22-19-,23-20-,30-28-,31-29-,36-34-,37-35-,41-40-,71-68+. The first-order chi connectivity index (χ1) is 43.9. The van der Waals surface area contributed by atoms with E-state index in [1.807, 2.05) is 33.3 Å². The summed E-state index contributed by atoms with van der Waals surface area (Å²) in [6.07, 6.45) is 94.2. The molecule has 0 aromatic heterocycles. The minimum Gasteiger partial charge on any atom is -0.456 e. The zero-order valence-corrected chi connectivity index (χ0v) is 60.8. The summed E-state index contributed by atoms with van der Waals surface area (Å²) in [7, 11) is 1.49. The van der Waals surface area contributed by atoms with E-state index in [1.165, 1.54) is 225 Å². The number of nitrogens with zero attached hydrogens (tertiary/aromatic N) is 1. The molecule has 0 fully saturated rings. The second kappa shape index (κ2) is 68.8. The predicted octanol–water partition coefficient (Wildman–Crippen LogP) is 24.6. The lowest BCUT2D eigenvalue weighted by atomic mass is 10.0. The number of unbranched alkanes of at least 4 members (excludes halogenated alkanes) is 39. The van der Waals surface area contributed by atoms with Crippen LogP contribution in [0.4, 0.5) is 0 Å². The summed E-state index contributed by atoms with van der Waals surface area (Å²) >= 11 is 0. The van der Waals surface area contributed by atoms with Crippen molar-refractivity contribution in [3.05, 3.63) is 97.2 Å². The van der Waals surface area contributed by atoms with Crippen LogP contribution in [0.3, 0.4) is 0 Å². The first-order valence-electron chi connectivity index (χ1n) is 38.1. The lowest BCUT2D eigenvalue weighted by molar-refractivity contribution is -0.870. The summed E-state index contributed by atoms with van der Waals surface area (Å²) in [5, 5.41) is 3.08. The van der Waals surface area contributed by atoms with E-state index >= 15 is 0 Å². The second-order valence-corrected chi connectivity index (χ2v) is 28.3. The average molecular weight is 1280 g/mol. The van der Waals surface area contributed by atoms with Crippen molar-refractivity contribution in [1.82, 2.24) is 5.32 Å². The van der Waals surface area contributed by atoms with Crippen LogP contribution in [0, 0.1) is 0 Å². The third-order valence-electron chi connectivity index (χ3n) is 16.7. The van der Waals surface area contributed by atoms with Gasteiger partial charge in [-0.1, -0.05) is 317 Å². The van der Waals surface area contributed by atoms with Gasteiger partial charge in [0.05, 0.1) is 33.8 Å². The fourth-order valence-corrected chi connectivity index (χ4v) is 11.6. The van der Waals surface area contributed by atoms with Crippen LogP contribution >= 0.6 is 7.82 Å². The van der Waals surface area contributed by atoms with Crippen molar-refractivity contribution >= 4 is 19.7 Å². The molecule has 1 amide bonds. The number of nitrogens with one attached hydrogen (secondary N) is 1. The van der Waals surface area contributed by atoms with Gasteiger partial charge >= 0.3 is 13.8 Å². The Morgan fingerprint density at radius 1 is 0.389 bits per heavy atom. The molecule has 0 saturated heterocycles. The number of phosphoric ester groups is 1. The maximum atomic E-state index is 13.6. The molecule has 0 rings (SSSR count). The molecule has 9 nitrogen and oxygen atoms in total. The Kier molecular flexibility index (Phi) is 66.4. The smallest absolute Gasteiger partial charge is 0.456 e. The van der Waals surface area contributed by atoms with Crippen molar-refractivity contribution in [1.29, 1.82) is 0 Å². The maximum Gasteiger partial charge on any atom is 0.472 e. The van der Waals surface area contributed by atoms with E-state index in [1.54, 1.807) is 0 Å². The van der Waals surface area contributed by atoms with Gasteiger partial charge in [0.2, 0.25) is 5.91 Å². The van der Waals surface area contributed by atoms with Crippen molar-refractivity contribution in [3.63, 3.8) is 0 Å². The van der Waals surface area contributed by atoms with Crippen LogP contribution in [0.15, 0.2) is 97.2 Å². The number of esters is 1. The normalized spacial score (nSPS) is 14.0. The Balaban J connectivity index is 5.00. The quantitative estimate of drug-likeness (QED) is 0.0205. The van der Waals surface area contributed by atoms with Gasteiger partial charge < -0.3 is 19.4 Å². The van der Waals surface area contributed by atoms with E-state index in [4.69, 9.17) is 13.8 Å². The molecule has 0 aliphatic carbocycles. The van der Waals surface area contributed by atoms with Crippen LogP contribution in [0.1, 0.15) is 348 Å². The number of allylic oxidation sites excluding steroid dienone is 15. The van der Waals surface area contributed by atoms with E-state index in [-0.39, 0.29) is 31.5 Å². The number of phosphoric acid groups is 1. The topological polar surface area (TPSA) is 111 Å². The molecular formula is C80H146N2O7P+. The summed E-state index contributed by atoms with van der Waals surface area (Å²) in [6, 6.07) is -0.857. The zero-order chi connectivity index (χ0) is 65.6. The molecule has 0 bridgehead atoms. The molecule has 0 spiro atoms. The SMILES string of the molecule is CCCCC/C=C\C/C=C\C/C=C\C/C=C\CCCCCCCCCCCCCC(=O)OC(/C=C/CCCCCCCCCCCC)C(COP(=O)(O)OCC[N+](C)(C)C)NC(=O)CCCCCCCCCCCCCC/C=C\C/C=C\C/C=C\CCCCC. The number of amides is 1.